The summed E-state index contributed by atoms with van der Waals surface area (Å²) < 4.78 is 0. The SMILES string of the molecule is C[C@H](c1nc2ccccc2c(=O)[nH]1)N1CCC(c2ccn[nH]2)CC1. The lowest BCUT2D eigenvalue weighted by molar-refractivity contribution is 0.156. The second kappa shape index (κ2) is 6.20. The molecule has 1 atom stereocenters. The molecule has 1 aromatic carbocycles. The Labute approximate surface area is 139 Å². The number of fused-ring (bicyclic) bond motifs is 1. The van der Waals surface area contributed by atoms with Crippen molar-refractivity contribution in [2.75, 3.05) is 13.1 Å². The number of aromatic amines is 2. The Morgan fingerprint density at radius 1 is 1.21 bits per heavy atom. The topological polar surface area (TPSA) is 77.7 Å². The lowest BCUT2D eigenvalue weighted by atomic mass is 9.93. The van der Waals surface area contributed by atoms with Crippen LogP contribution in [0.25, 0.3) is 10.9 Å². The van der Waals surface area contributed by atoms with E-state index in [1.165, 1.54) is 5.69 Å². The molecule has 0 radical (unpaired) electrons. The van der Waals surface area contributed by atoms with Gasteiger partial charge in [-0.05, 0) is 51.1 Å². The molecule has 0 saturated carbocycles. The molecular weight excluding hydrogens is 302 g/mol. The zero-order chi connectivity index (χ0) is 16.5. The summed E-state index contributed by atoms with van der Waals surface area (Å²) in [5, 5.41) is 7.78. The third kappa shape index (κ3) is 2.73. The van der Waals surface area contributed by atoms with E-state index in [-0.39, 0.29) is 11.6 Å². The molecule has 2 aromatic heterocycles. The van der Waals surface area contributed by atoms with Gasteiger partial charge in [-0.1, -0.05) is 12.1 Å². The molecule has 3 aromatic rings. The summed E-state index contributed by atoms with van der Waals surface area (Å²) in [4.78, 5) is 22.3. The summed E-state index contributed by atoms with van der Waals surface area (Å²) in [5.74, 6) is 1.29. The van der Waals surface area contributed by atoms with Crippen molar-refractivity contribution in [1.29, 1.82) is 0 Å². The summed E-state index contributed by atoms with van der Waals surface area (Å²) in [6, 6.07) is 9.65. The number of para-hydroxylation sites is 1. The highest BCUT2D eigenvalue weighted by Gasteiger charge is 2.26. The van der Waals surface area contributed by atoms with Crippen molar-refractivity contribution in [1.82, 2.24) is 25.1 Å². The first-order valence-corrected chi connectivity index (χ1v) is 8.44. The number of nitrogens with one attached hydrogen (secondary N) is 2. The van der Waals surface area contributed by atoms with Crippen LogP contribution in [0.3, 0.4) is 0 Å². The molecule has 3 heterocycles. The van der Waals surface area contributed by atoms with Crippen LogP contribution in [-0.2, 0) is 0 Å². The van der Waals surface area contributed by atoms with Gasteiger partial charge in [-0.2, -0.15) is 5.10 Å². The van der Waals surface area contributed by atoms with E-state index >= 15 is 0 Å². The van der Waals surface area contributed by atoms with Gasteiger partial charge in [0.1, 0.15) is 5.82 Å². The molecule has 0 spiro atoms. The zero-order valence-electron chi connectivity index (χ0n) is 13.7. The van der Waals surface area contributed by atoms with Crippen LogP contribution in [0.4, 0.5) is 0 Å². The van der Waals surface area contributed by atoms with E-state index in [0.29, 0.717) is 11.3 Å². The number of aromatic nitrogens is 4. The normalized spacial score (nSPS) is 18.0. The van der Waals surface area contributed by atoms with Gasteiger partial charge in [0.15, 0.2) is 0 Å². The van der Waals surface area contributed by atoms with E-state index in [4.69, 9.17) is 0 Å². The fourth-order valence-electron chi connectivity index (χ4n) is 3.57. The van der Waals surface area contributed by atoms with Crippen molar-refractivity contribution in [3.05, 3.63) is 58.4 Å². The summed E-state index contributed by atoms with van der Waals surface area (Å²) in [7, 11) is 0. The average molecular weight is 323 g/mol. The van der Waals surface area contributed by atoms with E-state index < -0.39 is 0 Å². The van der Waals surface area contributed by atoms with Crippen LogP contribution in [0.2, 0.25) is 0 Å². The second-order valence-corrected chi connectivity index (χ2v) is 6.47. The van der Waals surface area contributed by atoms with E-state index in [1.807, 2.05) is 30.5 Å². The third-order valence-electron chi connectivity index (χ3n) is 5.07. The van der Waals surface area contributed by atoms with Crippen molar-refractivity contribution in [3.63, 3.8) is 0 Å². The number of likely N-dealkylation sites (tertiary alicyclic amines) is 1. The molecule has 6 heteroatoms. The summed E-state index contributed by atoms with van der Waals surface area (Å²) in [6.07, 6.45) is 3.99. The third-order valence-corrected chi connectivity index (χ3v) is 5.07. The molecule has 1 aliphatic rings. The van der Waals surface area contributed by atoms with Gasteiger partial charge in [0, 0.05) is 17.8 Å². The molecule has 1 fully saturated rings. The molecule has 0 aliphatic carbocycles. The number of piperidine rings is 1. The number of rotatable bonds is 3. The number of hydrogen-bond acceptors (Lipinski definition) is 4. The molecule has 2 N–H and O–H groups in total. The Morgan fingerprint density at radius 2 is 2.00 bits per heavy atom. The monoisotopic (exact) mass is 323 g/mol. The smallest absolute Gasteiger partial charge is 0.258 e. The van der Waals surface area contributed by atoms with Gasteiger partial charge in [0.2, 0.25) is 0 Å². The predicted octanol–water partition coefficient (Wildman–Crippen LogP) is 2.59. The van der Waals surface area contributed by atoms with Crippen LogP contribution < -0.4 is 5.56 Å². The van der Waals surface area contributed by atoms with E-state index in [1.54, 1.807) is 0 Å². The van der Waals surface area contributed by atoms with Gasteiger partial charge in [0.05, 0.1) is 16.9 Å². The Hall–Kier alpha value is -2.47. The van der Waals surface area contributed by atoms with Crippen molar-refractivity contribution >= 4 is 10.9 Å². The van der Waals surface area contributed by atoms with Crippen LogP contribution in [-0.4, -0.2) is 38.2 Å². The molecule has 4 rings (SSSR count). The summed E-state index contributed by atoms with van der Waals surface area (Å²) >= 11 is 0. The van der Waals surface area contributed by atoms with Crippen LogP contribution in [0.1, 0.15) is 43.2 Å². The van der Waals surface area contributed by atoms with Crippen LogP contribution in [0.15, 0.2) is 41.3 Å². The fourth-order valence-corrected chi connectivity index (χ4v) is 3.57. The minimum Gasteiger partial charge on any atom is -0.309 e. The van der Waals surface area contributed by atoms with Crippen LogP contribution in [0, 0.1) is 0 Å². The zero-order valence-corrected chi connectivity index (χ0v) is 13.7. The molecule has 6 nitrogen and oxygen atoms in total. The van der Waals surface area contributed by atoms with E-state index in [0.717, 1.165) is 37.3 Å². The number of nitrogens with zero attached hydrogens (tertiary/aromatic N) is 3. The number of hydrogen-bond donors (Lipinski definition) is 2. The largest absolute Gasteiger partial charge is 0.309 e. The number of benzene rings is 1. The van der Waals surface area contributed by atoms with Crippen molar-refractivity contribution in [2.24, 2.45) is 0 Å². The van der Waals surface area contributed by atoms with Gasteiger partial charge < -0.3 is 4.98 Å². The van der Waals surface area contributed by atoms with E-state index in [9.17, 15) is 4.79 Å². The highest BCUT2D eigenvalue weighted by atomic mass is 16.1. The average Bonchev–Trinajstić information content (AvgIpc) is 3.16. The standard InChI is InChI=1S/C18H21N5O/c1-12(17-20-16-5-3-2-4-14(16)18(24)21-17)23-10-7-13(8-11-23)15-6-9-19-22-15/h2-6,9,12-13H,7-8,10-11H2,1H3,(H,19,22)(H,20,21,24)/t12-/m1/s1. The molecule has 0 amide bonds. The maximum atomic E-state index is 12.3. The molecule has 1 aliphatic heterocycles. The Kier molecular flexibility index (Phi) is 3.90. The second-order valence-electron chi connectivity index (χ2n) is 6.47. The number of H-pyrrole nitrogens is 2. The molecular formula is C18H21N5O. The Bertz CT molecular complexity index is 878. The highest BCUT2D eigenvalue weighted by molar-refractivity contribution is 5.77. The van der Waals surface area contributed by atoms with Gasteiger partial charge in [-0.15, -0.1) is 0 Å². The molecule has 0 unspecified atom stereocenters. The van der Waals surface area contributed by atoms with Crippen molar-refractivity contribution < 1.29 is 0 Å². The highest BCUT2D eigenvalue weighted by Crippen LogP contribution is 2.30. The Balaban J connectivity index is 1.52. The quantitative estimate of drug-likeness (QED) is 0.776. The molecule has 0 bridgehead atoms. The van der Waals surface area contributed by atoms with Gasteiger partial charge in [0.25, 0.3) is 5.56 Å². The van der Waals surface area contributed by atoms with Gasteiger partial charge in [-0.3, -0.25) is 14.8 Å². The van der Waals surface area contributed by atoms with Gasteiger partial charge >= 0.3 is 0 Å². The first kappa shape index (κ1) is 15.1. The van der Waals surface area contributed by atoms with Crippen molar-refractivity contribution in [2.45, 2.75) is 31.7 Å². The molecule has 1 saturated heterocycles. The fraction of sp³-hybridized carbons (Fsp3) is 0.389. The predicted molar refractivity (Wildman–Crippen MR) is 92.9 cm³/mol. The lowest BCUT2D eigenvalue weighted by Crippen LogP contribution is -2.36. The first-order valence-electron chi connectivity index (χ1n) is 8.44. The Morgan fingerprint density at radius 3 is 2.75 bits per heavy atom. The van der Waals surface area contributed by atoms with Crippen LogP contribution in [0.5, 0.6) is 0 Å². The summed E-state index contributed by atoms with van der Waals surface area (Å²) in [5.41, 5.74) is 1.92. The maximum Gasteiger partial charge on any atom is 0.258 e. The summed E-state index contributed by atoms with van der Waals surface area (Å²) in [6.45, 7) is 4.09. The minimum absolute atomic E-state index is 0.0604. The van der Waals surface area contributed by atoms with Crippen molar-refractivity contribution in [3.8, 4) is 0 Å². The first-order chi connectivity index (χ1) is 11.7. The van der Waals surface area contributed by atoms with E-state index in [2.05, 4.69) is 38.1 Å². The maximum absolute atomic E-state index is 12.3. The van der Waals surface area contributed by atoms with Crippen LogP contribution >= 0.6 is 0 Å². The molecule has 24 heavy (non-hydrogen) atoms. The minimum atomic E-state index is -0.0604. The molecule has 124 valence electrons. The lowest BCUT2D eigenvalue weighted by Gasteiger charge is -2.35. The van der Waals surface area contributed by atoms with Gasteiger partial charge in [-0.25, -0.2) is 4.98 Å².